The van der Waals surface area contributed by atoms with Crippen LogP contribution in [-0.2, 0) is 14.6 Å². The molecule has 1 aromatic carbocycles. The molecule has 0 unspecified atom stereocenters. The Bertz CT molecular complexity index is 1330. The Morgan fingerprint density at radius 3 is 2.50 bits per heavy atom. The van der Waals surface area contributed by atoms with Gasteiger partial charge >= 0.3 is 0 Å². The van der Waals surface area contributed by atoms with Crippen LogP contribution in [0.5, 0.6) is 17.4 Å². The van der Waals surface area contributed by atoms with Gasteiger partial charge in [0.2, 0.25) is 5.88 Å². The summed E-state index contributed by atoms with van der Waals surface area (Å²) in [6.07, 6.45) is 4.89. The van der Waals surface area contributed by atoms with Crippen molar-refractivity contribution in [1.29, 1.82) is 0 Å². The lowest BCUT2D eigenvalue weighted by atomic mass is 10.1. The molecule has 3 N–H and O–H groups in total. The number of aliphatic hydroxyl groups excluding tert-OH is 1. The number of aliphatic hydroxyl groups is 1. The van der Waals surface area contributed by atoms with E-state index in [-0.39, 0.29) is 22.9 Å². The van der Waals surface area contributed by atoms with E-state index in [0.717, 1.165) is 35.1 Å². The summed E-state index contributed by atoms with van der Waals surface area (Å²) in [5.74, 6) is 1.21. The van der Waals surface area contributed by atoms with Gasteiger partial charge in [0.25, 0.3) is 0 Å². The van der Waals surface area contributed by atoms with E-state index in [2.05, 4.69) is 20.3 Å². The molecule has 0 radical (unpaired) electrons. The standard InChI is InChI=1S/C25H30N4O6S/c1-15(14-33-3)34-19-7-17(21-5-6-22(29-21)23-9-18(11-26-23)16(2)30)8-20(10-19)35-24-12-28-25(13-27-24)36(4,31)32/h5-10,12-13,15-16,18,26,29-30H,11,14H2,1-4H3/t15-,16-,18-/m0/s1. The monoisotopic (exact) mass is 514 g/mol. The summed E-state index contributed by atoms with van der Waals surface area (Å²) in [5.41, 5.74) is 3.48. The van der Waals surface area contributed by atoms with Crippen LogP contribution >= 0.6 is 0 Å². The minimum Gasteiger partial charge on any atom is -0.488 e. The van der Waals surface area contributed by atoms with Gasteiger partial charge in [-0.1, -0.05) is 6.08 Å². The van der Waals surface area contributed by atoms with Crippen molar-refractivity contribution >= 4 is 15.5 Å². The molecule has 0 fully saturated rings. The van der Waals surface area contributed by atoms with E-state index in [1.807, 2.05) is 37.3 Å². The molecule has 1 aliphatic heterocycles. The molecule has 0 amide bonds. The number of benzene rings is 1. The van der Waals surface area contributed by atoms with Crippen LogP contribution in [0.4, 0.5) is 0 Å². The minimum atomic E-state index is -3.46. The summed E-state index contributed by atoms with van der Waals surface area (Å²) in [5, 5.41) is 13.1. The Labute approximate surface area is 210 Å². The lowest BCUT2D eigenvalue weighted by Gasteiger charge is -2.16. The van der Waals surface area contributed by atoms with Crippen LogP contribution in [0.1, 0.15) is 19.5 Å². The average Bonchev–Trinajstić information content (AvgIpc) is 3.49. The highest BCUT2D eigenvalue weighted by molar-refractivity contribution is 7.90. The summed E-state index contributed by atoms with van der Waals surface area (Å²) in [6, 6.07) is 9.36. The lowest BCUT2D eigenvalue weighted by Crippen LogP contribution is -2.20. The van der Waals surface area contributed by atoms with Gasteiger partial charge in [-0.05, 0) is 38.1 Å². The van der Waals surface area contributed by atoms with Gasteiger partial charge < -0.3 is 29.6 Å². The number of aromatic amines is 1. The summed E-state index contributed by atoms with van der Waals surface area (Å²) in [7, 11) is -1.85. The number of sulfone groups is 1. The Kier molecular flexibility index (Phi) is 7.62. The second-order valence-electron chi connectivity index (χ2n) is 8.80. The number of H-pyrrole nitrogens is 1. The van der Waals surface area contributed by atoms with Crippen LogP contribution in [0, 0.1) is 5.92 Å². The Morgan fingerprint density at radius 2 is 1.86 bits per heavy atom. The summed E-state index contributed by atoms with van der Waals surface area (Å²) in [4.78, 5) is 11.4. The second kappa shape index (κ2) is 10.7. The fourth-order valence-electron chi connectivity index (χ4n) is 3.80. The summed E-state index contributed by atoms with van der Waals surface area (Å²) >= 11 is 0. The third kappa shape index (κ3) is 6.23. The third-order valence-corrected chi connectivity index (χ3v) is 6.61. The van der Waals surface area contributed by atoms with E-state index in [9.17, 15) is 13.5 Å². The Balaban J connectivity index is 1.63. The molecule has 1 aliphatic rings. The first kappa shape index (κ1) is 25.7. The number of nitrogens with one attached hydrogen (secondary N) is 2. The maximum absolute atomic E-state index is 11.7. The van der Waals surface area contributed by atoms with Gasteiger partial charge in [0, 0.05) is 43.2 Å². The van der Waals surface area contributed by atoms with Gasteiger partial charge in [-0.2, -0.15) is 0 Å². The van der Waals surface area contributed by atoms with Gasteiger partial charge in [0.15, 0.2) is 14.9 Å². The van der Waals surface area contributed by atoms with Crippen molar-refractivity contribution in [3.05, 3.63) is 54.5 Å². The molecule has 0 spiro atoms. The average molecular weight is 515 g/mol. The number of rotatable bonds is 10. The zero-order valence-electron chi connectivity index (χ0n) is 20.6. The predicted octanol–water partition coefficient (Wildman–Crippen LogP) is 3.02. The maximum Gasteiger partial charge on any atom is 0.237 e. The topological polar surface area (TPSA) is 136 Å². The van der Waals surface area contributed by atoms with Gasteiger partial charge in [0.05, 0.1) is 36.5 Å². The van der Waals surface area contributed by atoms with Gasteiger partial charge in [-0.15, -0.1) is 0 Å². The predicted molar refractivity (Wildman–Crippen MR) is 135 cm³/mol. The molecule has 10 nitrogen and oxygen atoms in total. The number of nitrogens with zero attached hydrogens (tertiary/aromatic N) is 2. The first-order valence-electron chi connectivity index (χ1n) is 11.5. The number of ether oxygens (including phenoxy) is 3. The molecular formula is C25H30N4O6S. The van der Waals surface area contributed by atoms with Crippen molar-refractivity contribution in [3.8, 4) is 28.6 Å². The molecule has 0 saturated carbocycles. The smallest absolute Gasteiger partial charge is 0.237 e. The Hall–Kier alpha value is -3.41. The molecule has 3 atom stereocenters. The highest BCUT2D eigenvalue weighted by Crippen LogP contribution is 2.33. The van der Waals surface area contributed by atoms with Gasteiger partial charge in [-0.25, -0.2) is 18.4 Å². The fourth-order valence-corrected chi connectivity index (χ4v) is 4.29. The van der Waals surface area contributed by atoms with Gasteiger partial charge in [0.1, 0.15) is 17.6 Å². The number of hydrogen-bond donors (Lipinski definition) is 3. The van der Waals surface area contributed by atoms with Crippen LogP contribution in [0.15, 0.2) is 53.8 Å². The largest absolute Gasteiger partial charge is 0.488 e. The highest BCUT2D eigenvalue weighted by Gasteiger charge is 2.21. The van der Waals surface area contributed by atoms with Crippen LogP contribution < -0.4 is 14.8 Å². The Morgan fingerprint density at radius 1 is 1.11 bits per heavy atom. The van der Waals surface area contributed by atoms with E-state index in [0.29, 0.717) is 24.7 Å². The van der Waals surface area contributed by atoms with E-state index >= 15 is 0 Å². The first-order chi connectivity index (χ1) is 17.1. The fraction of sp³-hybridized carbons (Fsp3) is 0.360. The zero-order valence-corrected chi connectivity index (χ0v) is 21.4. The highest BCUT2D eigenvalue weighted by atomic mass is 32.2. The normalized spacial score (nSPS) is 17.2. The molecule has 0 saturated heterocycles. The number of methoxy groups -OCH3 is 1. The van der Waals surface area contributed by atoms with Crippen molar-refractivity contribution in [2.45, 2.75) is 31.1 Å². The molecular weight excluding hydrogens is 484 g/mol. The number of aromatic nitrogens is 3. The quantitative estimate of drug-likeness (QED) is 0.373. The molecule has 0 bridgehead atoms. The van der Waals surface area contributed by atoms with Crippen LogP contribution in [0.3, 0.4) is 0 Å². The number of hydrogen-bond acceptors (Lipinski definition) is 9. The van der Waals surface area contributed by atoms with E-state index in [4.69, 9.17) is 14.2 Å². The molecule has 36 heavy (non-hydrogen) atoms. The molecule has 4 rings (SSSR count). The molecule has 3 aromatic rings. The molecule has 11 heteroatoms. The SMILES string of the molecule is COC[C@H](C)Oc1cc(Oc2cnc(S(C)(=O)=O)cn2)cc(-c2ccc(C3=C[C@H]([C@H](C)O)CN3)[nH]2)c1. The summed E-state index contributed by atoms with van der Waals surface area (Å²) < 4.78 is 40.4. The second-order valence-corrected chi connectivity index (χ2v) is 10.8. The van der Waals surface area contributed by atoms with Crippen molar-refractivity contribution in [2.24, 2.45) is 5.92 Å². The van der Waals surface area contributed by atoms with Crippen molar-refractivity contribution in [2.75, 3.05) is 26.5 Å². The van der Waals surface area contributed by atoms with Crippen LogP contribution in [-0.4, -0.2) is 67.2 Å². The molecule has 192 valence electrons. The summed E-state index contributed by atoms with van der Waals surface area (Å²) in [6.45, 7) is 4.77. The molecule has 0 aliphatic carbocycles. The van der Waals surface area contributed by atoms with Crippen molar-refractivity contribution < 1.29 is 27.7 Å². The molecule has 2 aromatic heterocycles. The van der Waals surface area contributed by atoms with Gasteiger partial charge in [-0.3, -0.25) is 0 Å². The minimum absolute atomic E-state index is 0.0564. The van der Waals surface area contributed by atoms with E-state index < -0.39 is 15.9 Å². The molecule has 3 heterocycles. The third-order valence-electron chi connectivity index (χ3n) is 5.64. The lowest BCUT2D eigenvalue weighted by molar-refractivity contribution is 0.0920. The first-order valence-corrected chi connectivity index (χ1v) is 13.4. The zero-order chi connectivity index (χ0) is 25.9. The van der Waals surface area contributed by atoms with Crippen LogP contribution in [0.2, 0.25) is 0 Å². The maximum atomic E-state index is 11.7. The van der Waals surface area contributed by atoms with Crippen molar-refractivity contribution in [3.63, 3.8) is 0 Å². The van der Waals surface area contributed by atoms with Crippen molar-refractivity contribution in [1.82, 2.24) is 20.3 Å². The van der Waals surface area contributed by atoms with Crippen LogP contribution in [0.25, 0.3) is 17.0 Å². The van der Waals surface area contributed by atoms with E-state index in [1.165, 1.54) is 6.20 Å². The van der Waals surface area contributed by atoms with E-state index in [1.54, 1.807) is 20.1 Å².